The standard InChI is InChI=1S/C15H13ClF3N/c1-2-20-15(11-5-3-9(16)7-13(11)18)12-6-4-10(17)8-14(12)19/h3-8,15,20H,2H2,1H3. The zero-order chi connectivity index (χ0) is 14.7. The van der Waals surface area contributed by atoms with Crippen LogP contribution in [0, 0.1) is 17.5 Å². The summed E-state index contributed by atoms with van der Waals surface area (Å²) in [5.74, 6) is -1.92. The number of rotatable bonds is 4. The smallest absolute Gasteiger partial charge is 0.131 e. The lowest BCUT2D eigenvalue weighted by atomic mass is 9.97. The van der Waals surface area contributed by atoms with Crippen molar-refractivity contribution in [2.45, 2.75) is 13.0 Å². The van der Waals surface area contributed by atoms with E-state index in [9.17, 15) is 13.2 Å². The minimum absolute atomic E-state index is 0.189. The Morgan fingerprint density at radius 3 is 2.15 bits per heavy atom. The molecule has 0 saturated carbocycles. The molecular weight excluding hydrogens is 287 g/mol. The van der Waals surface area contributed by atoms with Gasteiger partial charge in [-0.3, -0.25) is 0 Å². The fourth-order valence-electron chi connectivity index (χ4n) is 2.06. The molecule has 0 aliphatic carbocycles. The molecule has 0 amide bonds. The van der Waals surface area contributed by atoms with Crippen LogP contribution in [0.15, 0.2) is 36.4 Å². The Bertz CT molecular complexity index is 565. The van der Waals surface area contributed by atoms with Crippen molar-refractivity contribution < 1.29 is 13.2 Å². The van der Waals surface area contributed by atoms with Crippen LogP contribution in [0.25, 0.3) is 0 Å². The number of halogens is 4. The predicted octanol–water partition coefficient (Wildman–Crippen LogP) is 4.46. The minimum atomic E-state index is -0.717. The topological polar surface area (TPSA) is 12.0 Å². The molecular formula is C15H13ClF3N. The van der Waals surface area contributed by atoms with Gasteiger partial charge in [-0.05, 0) is 24.7 Å². The molecule has 2 aromatic carbocycles. The maximum absolute atomic E-state index is 14.0. The van der Waals surface area contributed by atoms with E-state index < -0.39 is 23.5 Å². The normalized spacial score (nSPS) is 12.4. The van der Waals surface area contributed by atoms with Crippen molar-refractivity contribution in [3.05, 3.63) is 70.0 Å². The molecule has 0 saturated heterocycles. The van der Waals surface area contributed by atoms with Crippen molar-refractivity contribution >= 4 is 11.6 Å². The number of hydrogen-bond donors (Lipinski definition) is 1. The minimum Gasteiger partial charge on any atom is -0.306 e. The Morgan fingerprint density at radius 2 is 1.60 bits per heavy atom. The highest BCUT2D eigenvalue weighted by atomic mass is 35.5. The van der Waals surface area contributed by atoms with Crippen LogP contribution < -0.4 is 5.32 Å². The highest BCUT2D eigenvalue weighted by Crippen LogP contribution is 2.28. The first-order valence-electron chi connectivity index (χ1n) is 6.16. The lowest BCUT2D eigenvalue weighted by Gasteiger charge is -2.20. The highest BCUT2D eigenvalue weighted by Gasteiger charge is 2.20. The van der Waals surface area contributed by atoms with Gasteiger partial charge in [-0.1, -0.05) is 30.7 Å². The van der Waals surface area contributed by atoms with E-state index in [4.69, 9.17) is 11.6 Å². The van der Waals surface area contributed by atoms with Gasteiger partial charge in [0.2, 0.25) is 0 Å². The maximum atomic E-state index is 14.0. The zero-order valence-corrected chi connectivity index (χ0v) is 11.5. The fraction of sp³-hybridized carbons (Fsp3) is 0.200. The van der Waals surface area contributed by atoms with E-state index in [1.54, 1.807) is 0 Å². The SMILES string of the molecule is CCNC(c1ccc(F)cc1F)c1ccc(Cl)cc1F. The van der Waals surface area contributed by atoms with Gasteiger partial charge in [0.15, 0.2) is 0 Å². The summed E-state index contributed by atoms with van der Waals surface area (Å²) in [6.45, 7) is 2.33. The Hall–Kier alpha value is -1.52. The van der Waals surface area contributed by atoms with E-state index in [-0.39, 0.29) is 16.1 Å². The largest absolute Gasteiger partial charge is 0.306 e. The summed E-state index contributed by atoms with van der Waals surface area (Å²) in [5.41, 5.74) is 0.455. The molecule has 20 heavy (non-hydrogen) atoms. The molecule has 0 aliphatic heterocycles. The molecule has 1 nitrogen and oxygen atoms in total. The van der Waals surface area contributed by atoms with E-state index in [0.717, 1.165) is 12.1 Å². The maximum Gasteiger partial charge on any atom is 0.131 e. The number of benzene rings is 2. The third kappa shape index (κ3) is 3.14. The molecule has 1 atom stereocenters. The molecule has 1 N–H and O–H groups in total. The molecule has 2 aromatic rings. The van der Waals surface area contributed by atoms with Gasteiger partial charge in [0.25, 0.3) is 0 Å². The van der Waals surface area contributed by atoms with E-state index >= 15 is 0 Å². The van der Waals surface area contributed by atoms with Crippen LogP contribution in [-0.2, 0) is 0 Å². The first kappa shape index (κ1) is 14.9. The van der Waals surface area contributed by atoms with Crippen molar-refractivity contribution in [1.29, 1.82) is 0 Å². The molecule has 0 heterocycles. The van der Waals surface area contributed by atoms with Gasteiger partial charge >= 0.3 is 0 Å². The van der Waals surface area contributed by atoms with Crippen molar-refractivity contribution in [2.75, 3.05) is 6.54 Å². The van der Waals surface area contributed by atoms with Gasteiger partial charge in [0.1, 0.15) is 17.5 Å². The summed E-state index contributed by atoms with van der Waals surface area (Å²) in [4.78, 5) is 0. The van der Waals surface area contributed by atoms with Crippen LogP contribution in [0.2, 0.25) is 5.02 Å². The summed E-state index contributed by atoms with van der Waals surface area (Å²) in [5, 5.41) is 3.26. The first-order chi connectivity index (χ1) is 9.52. The Kier molecular flexibility index (Phi) is 4.68. The second kappa shape index (κ2) is 6.29. The lowest BCUT2D eigenvalue weighted by molar-refractivity contribution is 0.522. The van der Waals surface area contributed by atoms with Crippen molar-refractivity contribution in [3.63, 3.8) is 0 Å². The first-order valence-corrected chi connectivity index (χ1v) is 6.54. The number of nitrogens with one attached hydrogen (secondary N) is 1. The average Bonchev–Trinajstić information content (AvgIpc) is 2.37. The Balaban J connectivity index is 2.50. The molecule has 0 aromatic heterocycles. The predicted molar refractivity (Wildman–Crippen MR) is 73.3 cm³/mol. The zero-order valence-electron chi connectivity index (χ0n) is 10.8. The lowest BCUT2D eigenvalue weighted by Crippen LogP contribution is -2.24. The quantitative estimate of drug-likeness (QED) is 0.879. The van der Waals surface area contributed by atoms with Crippen molar-refractivity contribution in [3.8, 4) is 0 Å². The second-order valence-corrected chi connectivity index (χ2v) is 4.76. The van der Waals surface area contributed by atoms with Crippen LogP contribution in [-0.4, -0.2) is 6.54 Å². The van der Waals surface area contributed by atoms with Gasteiger partial charge in [-0.2, -0.15) is 0 Å². The molecule has 1 unspecified atom stereocenters. The van der Waals surface area contributed by atoms with E-state index in [1.807, 2.05) is 6.92 Å². The second-order valence-electron chi connectivity index (χ2n) is 4.32. The molecule has 2 rings (SSSR count). The summed E-state index contributed by atoms with van der Waals surface area (Å²) in [7, 11) is 0. The molecule has 0 spiro atoms. The highest BCUT2D eigenvalue weighted by molar-refractivity contribution is 6.30. The van der Waals surface area contributed by atoms with E-state index in [0.29, 0.717) is 6.54 Å². The van der Waals surface area contributed by atoms with E-state index in [2.05, 4.69) is 5.32 Å². The fourth-order valence-corrected chi connectivity index (χ4v) is 2.22. The van der Waals surface area contributed by atoms with Crippen LogP contribution >= 0.6 is 11.6 Å². The molecule has 0 radical (unpaired) electrons. The van der Waals surface area contributed by atoms with Crippen LogP contribution in [0.1, 0.15) is 24.1 Å². The van der Waals surface area contributed by atoms with Crippen LogP contribution in [0.3, 0.4) is 0 Å². The summed E-state index contributed by atoms with van der Waals surface area (Å²) < 4.78 is 40.9. The Morgan fingerprint density at radius 1 is 1.00 bits per heavy atom. The summed E-state index contributed by atoms with van der Waals surface area (Å²) >= 11 is 5.71. The van der Waals surface area contributed by atoms with Gasteiger partial charge in [0.05, 0.1) is 6.04 Å². The Labute approximate surface area is 120 Å². The summed E-state index contributed by atoms with van der Waals surface area (Å²) in [6, 6.07) is 6.75. The van der Waals surface area contributed by atoms with Crippen molar-refractivity contribution in [1.82, 2.24) is 5.32 Å². The molecule has 0 fully saturated rings. The third-order valence-corrected chi connectivity index (χ3v) is 3.19. The monoisotopic (exact) mass is 299 g/mol. The molecule has 5 heteroatoms. The third-order valence-electron chi connectivity index (χ3n) is 2.96. The van der Waals surface area contributed by atoms with Crippen LogP contribution in [0.4, 0.5) is 13.2 Å². The van der Waals surface area contributed by atoms with Crippen molar-refractivity contribution in [2.24, 2.45) is 0 Å². The van der Waals surface area contributed by atoms with Gasteiger partial charge in [-0.15, -0.1) is 0 Å². The average molecular weight is 300 g/mol. The van der Waals surface area contributed by atoms with Gasteiger partial charge in [-0.25, -0.2) is 13.2 Å². The summed E-state index contributed by atoms with van der Waals surface area (Å²) in [6.07, 6.45) is 0. The molecule has 0 bridgehead atoms. The van der Waals surface area contributed by atoms with E-state index in [1.165, 1.54) is 24.3 Å². The van der Waals surface area contributed by atoms with Crippen LogP contribution in [0.5, 0.6) is 0 Å². The number of hydrogen-bond acceptors (Lipinski definition) is 1. The molecule has 0 aliphatic rings. The van der Waals surface area contributed by atoms with Gasteiger partial charge in [0, 0.05) is 22.2 Å². The molecule has 106 valence electrons. The van der Waals surface area contributed by atoms with Gasteiger partial charge < -0.3 is 5.32 Å².